The second kappa shape index (κ2) is 4.99. The van der Waals surface area contributed by atoms with E-state index < -0.39 is 0 Å². The first-order valence-corrected chi connectivity index (χ1v) is 5.83. The maximum Gasteiger partial charge on any atom is 0.289 e. The number of nitrogen functional groups attached to an aromatic ring is 1. The van der Waals surface area contributed by atoms with Gasteiger partial charge < -0.3 is 5.73 Å². The van der Waals surface area contributed by atoms with Crippen LogP contribution in [-0.2, 0) is 0 Å². The lowest BCUT2D eigenvalue weighted by Crippen LogP contribution is -2.11. The molecule has 106 valence electrons. The fraction of sp³-hybridized carbons (Fsp3) is 0.222. The van der Waals surface area contributed by atoms with Gasteiger partial charge in [-0.1, -0.05) is 0 Å². The zero-order valence-electron chi connectivity index (χ0n) is 11.1. The average Bonchev–Trinajstić information content (AvgIpc) is 2.81. The van der Waals surface area contributed by atoms with Crippen LogP contribution in [0.3, 0.4) is 0 Å². The fourth-order valence-corrected chi connectivity index (χ4v) is 1.58. The molecule has 3 aromatic rings. The number of anilines is 3. The van der Waals surface area contributed by atoms with Crippen LogP contribution in [0.15, 0.2) is 6.07 Å². The Bertz CT molecular complexity index is 745. The van der Waals surface area contributed by atoms with Crippen LogP contribution in [0.2, 0.25) is 0 Å². The zero-order valence-corrected chi connectivity index (χ0v) is 11.1. The molecule has 21 heavy (non-hydrogen) atoms. The number of nitrogens with zero attached hydrogens (tertiary/aromatic N) is 10. The molecule has 0 amide bonds. The number of nitrogens with one attached hydrogen (secondary N) is 1. The molecule has 3 N–H and O–H groups in total. The minimum atomic E-state index is -0.0300. The van der Waals surface area contributed by atoms with Gasteiger partial charge in [0.2, 0.25) is 0 Å². The maximum atomic E-state index is 5.28. The maximum absolute atomic E-state index is 5.28. The van der Waals surface area contributed by atoms with Crippen molar-refractivity contribution in [2.24, 2.45) is 0 Å². The predicted octanol–water partition coefficient (Wildman–Crippen LogP) is -1.03. The van der Waals surface area contributed by atoms with Crippen molar-refractivity contribution < 1.29 is 0 Å². The Hall–Kier alpha value is -3.31. The largest absolute Gasteiger partial charge is 0.365 e. The highest BCUT2D eigenvalue weighted by atomic mass is 15.5. The van der Waals surface area contributed by atoms with Gasteiger partial charge in [0.05, 0.1) is 5.69 Å². The molecule has 0 fully saturated rings. The van der Waals surface area contributed by atoms with Crippen LogP contribution in [0.5, 0.6) is 0 Å². The summed E-state index contributed by atoms with van der Waals surface area (Å²) in [7, 11) is 0. The SMILES string of the molecule is Cc1cc(C)n(-c2nnc(Nc3nnc(N)nn3)nn2)n1. The van der Waals surface area contributed by atoms with Crippen molar-refractivity contribution in [3.8, 4) is 5.95 Å². The highest BCUT2D eigenvalue weighted by Crippen LogP contribution is 2.07. The van der Waals surface area contributed by atoms with Gasteiger partial charge in [0, 0.05) is 5.69 Å². The Morgan fingerprint density at radius 2 is 1.48 bits per heavy atom. The van der Waals surface area contributed by atoms with Gasteiger partial charge in [0.1, 0.15) is 0 Å². The molecule has 0 aromatic carbocycles. The van der Waals surface area contributed by atoms with Crippen molar-refractivity contribution in [2.45, 2.75) is 13.8 Å². The van der Waals surface area contributed by atoms with Crippen LogP contribution < -0.4 is 11.1 Å². The second-order valence-electron chi connectivity index (χ2n) is 4.07. The average molecular weight is 286 g/mol. The Kier molecular flexibility index (Phi) is 3.02. The smallest absolute Gasteiger partial charge is 0.289 e. The van der Waals surface area contributed by atoms with E-state index in [4.69, 9.17) is 5.73 Å². The van der Waals surface area contributed by atoms with Crippen LogP contribution in [0.1, 0.15) is 11.4 Å². The highest BCUT2D eigenvalue weighted by Gasteiger charge is 2.09. The predicted molar refractivity (Wildman–Crippen MR) is 69.5 cm³/mol. The van der Waals surface area contributed by atoms with Crippen LogP contribution in [0.25, 0.3) is 5.95 Å². The van der Waals surface area contributed by atoms with E-state index in [1.54, 1.807) is 4.68 Å². The van der Waals surface area contributed by atoms with Crippen LogP contribution in [-0.4, -0.2) is 50.6 Å². The number of rotatable bonds is 3. The normalized spacial score (nSPS) is 10.6. The lowest BCUT2D eigenvalue weighted by atomic mass is 10.4. The Morgan fingerprint density at radius 3 is 2.00 bits per heavy atom. The molecule has 0 aliphatic rings. The summed E-state index contributed by atoms with van der Waals surface area (Å²) in [5, 5.41) is 36.9. The fourth-order valence-electron chi connectivity index (χ4n) is 1.58. The van der Waals surface area contributed by atoms with Crippen molar-refractivity contribution in [2.75, 3.05) is 11.1 Å². The van der Waals surface area contributed by atoms with E-state index in [0.29, 0.717) is 0 Å². The second-order valence-corrected chi connectivity index (χ2v) is 4.07. The summed E-state index contributed by atoms with van der Waals surface area (Å²) in [4.78, 5) is 0. The van der Waals surface area contributed by atoms with E-state index in [2.05, 4.69) is 51.2 Å². The van der Waals surface area contributed by atoms with E-state index in [0.717, 1.165) is 11.4 Å². The van der Waals surface area contributed by atoms with Gasteiger partial charge in [-0.15, -0.1) is 40.8 Å². The van der Waals surface area contributed by atoms with Gasteiger partial charge >= 0.3 is 0 Å². The number of hydrogen-bond acceptors (Lipinski definition) is 11. The van der Waals surface area contributed by atoms with Gasteiger partial charge in [-0.25, -0.2) is 4.68 Å². The first-order valence-electron chi connectivity index (χ1n) is 5.83. The third-order valence-corrected chi connectivity index (χ3v) is 2.39. The van der Waals surface area contributed by atoms with Gasteiger partial charge in [0.15, 0.2) is 0 Å². The molecule has 0 aliphatic carbocycles. The van der Waals surface area contributed by atoms with E-state index in [9.17, 15) is 0 Å². The summed E-state index contributed by atoms with van der Waals surface area (Å²) in [5.41, 5.74) is 7.01. The number of aromatic nitrogens is 10. The summed E-state index contributed by atoms with van der Waals surface area (Å²) in [6.45, 7) is 3.76. The molecule has 3 heterocycles. The molecule has 12 heteroatoms. The molecule has 3 aromatic heterocycles. The van der Waals surface area contributed by atoms with Gasteiger partial charge in [-0.2, -0.15) is 5.10 Å². The Balaban J connectivity index is 1.81. The zero-order chi connectivity index (χ0) is 14.8. The molecular weight excluding hydrogens is 276 g/mol. The van der Waals surface area contributed by atoms with Gasteiger partial charge in [-0.05, 0) is 19.9 Å². The summed E-state index contributed by atoms with van der Waals surface area (Å²) < 4.78 is 1.54. The molecule has 0 atom stereocenters. The minimum absolute atomic E-state index is 0.0300. The molecule has 0 radical (unpaired) electrons. The number of nitrogens with two attached hydrogens (primary N) is 1. The summed E-state index contributed by atoms with van der Waals surface area (Å²) >= 11 is 0. The number of hydrogen-bond donors (Lipinski definition) is 2. The molecule has 0 bridgehead atoms. The van der Waals surface area contributed by atoms with E-state index >= 15 is 0 Å². The molecular formula is C9H10N12. The van der Waals surface area contributed by atoms with Crippen LogP contribution >= 0.6 is 0 Å². The third kappa shape index (κ3) is 2.68. The highest BCUT2D eigenvalue weighted by molar-refractivity contribution is 5.39. The lowest BCUT2D eigenvalue weighted by Gasteiger charge is -2.02. The first kappa shape index (κ1) is 12.7. The standard InChI is InChI=1S/C9H10N12/c1-4-3-5(2)21(20-4)9-18-16-8(17-19-9)11-7-14-12-6(10)13-15-7/h3H,1-2H3,(H2,10,12,13)(H,11,14,15,16,17). The molecule has 3 rings (SSSR count). The molecule has 0 unspecified atom stereocenters. The lowest BCUT2D eigenvalue weighted by molar-refractivity contribution is 0.712. The van der Waals surface area contributed by atoms with E-state index in [1.807, 2.05) is 19.9 Å². The van der Waals surface area contributed by atoms with Crippen molar-refractivity contribution in [1.82, 2.24) is 50.6 Å². The van der Waals surface area contributed by atoms with E-state index in [1.165, 1.54) is 0 Å². The summed E-state index contributed by atoms with van der Waals surface area (Å²) in [6.07, 6.45) is 0. The van der Waals surface area contributed by atoms with Crippen molar-refractivity contribution in [3.05, 3.63) is 17.5 Å². The summed E-state index contributed by atoms with van der Waals surface area (Å²) in [5.74, 6) is 0.429. The molecule has 0 aliphatic heterocycles. The third-order valence-electron chi connectivity index (χ3n) is 2.39. The van der Waals surface area contributed by atoms with Gasteiger partial charge in [-0.3, -0.25) is 5.32 Å². The Labute approximate surface area is 117 Å². The molecule has 0 saturated heterocycles. The molecule has 12 nitrogen and oxygen atoms in total. The van der Waals surface area contributed by atoms with E-state index in [-0.39, 0.29) is 23.8 Å². The van der Waals surface area contributed by atoms with Crippen molar-refractivity contribution in [1.29, 1.82) is 0 Å². The molecule has 0 spiro atoms. The monoisotopic (exact) mass is 286 g/mol. The number of aryl methyl sites for hydroxylation is 2. The van der Waals surface area contributed by atoms with Crippen molar-refractivity contribution in [3.63, 3.8) is 0 Å². The van der Waals surface area contributed by atoms with Crippen LogP contribution in [0, 0.1) is 13.8 Å². The molecule has 0 saturated carbocycles. The van der Waals surface area contributed by atoms with Crippen LogP contribution in [0.4, 0.5) is 17.8 Å². The minimum Gasteiger partial charge on any atom is -0.365 e. The van der Waals surface area contributed by atoms with Crippen molar-refractivity contribution >= 4 is 17.8 Å². The quantitative estimate of drug-likeness (QED) is 0.606. The summed E-state index contributed by atoms with van der Waals surface area (Å²) in [6, 6.07) is 1.90. The van der Waals surface area contributed by atoms with Gasteiger partial charge in [0.25, 0.3) is 23.8 Å². The topological polar surface area (TPSA) is 159 Å². The first-order chi connectivity index (χ1) is 10.1. The Morgan fingerprint density at radius 1 is 0.905 bits per heavy atom.